The molecule has 0 saturated heterocycles. The van der Waals surface area contributed by atoms with Crippen LogP contribution in [0.2, 0.25) is 0 Å². The number of carbonyl (C=O) groups excluding carboxylic acids is 1. The maximum Gasteiger partial charge on any atom is 0.310 e. The van der Waals surface area contributed by atoms with Gasteiger partial charge in [0.05, 0.1) is 5.92 Å². The van der Waals surface area contributed by atoms with Crippen LogP contribution in [-0.4, -0.2) is 27.4 Å². The fourth-order valence-electron chi connectivity index (χ4n) is 2.85. The molecule has 0 aromatic heterocycles. The maximum absolute atomic E-state index is 11.6. The molecule has 2 unspecified atom stereocenters. The van der Waals surface area contributed by atoms with Gasteiger partial charge >= 0.3 is 5.97 Å². The first-order chi connectivity index (χ1) is 12.4. The number of carboxylic acid groups (broad SMARTS) is 1. The molecule has 0 spiro atoms. The quantitative estimate of drug-likeness (QED) is 0.584. The third kappa shape index (κ3) is 4.97. The Balaban J connectivity index is 2.29. The van der Waals surface area contributed by atoms with Gasteiger partial charge in [0.2, 0.25) is 5.91 Å². The highest BCUT2D eigenvalue weighted by Gasteiger charge is 2.42. The molecule has 0 saturated carbocycles. The minimum Gasteiger partial charge on any atom is -0.481 e. The number of benzene rings is 2. The summed E-state index contributed by atoms with van der Waals surface area (Å²) in [6.07, 6.45) is -0.526. The summed E-state index contributed by atoms with van der Waals surface area (Å²) in [5, 5.41) is 18.1. The first kappa shape index (κ1) is 19.8. The normalized spacial score (nSPS) is 14.5. The zero-order valence-corrected chi connectivity index (χ0v) is 14.9. The van der Waals surface area contributed by atoms with Gasteiger partial charge in [0.25, 0.3) is 0 Å². The highest BCUT2D eigenvalue weighted by atomic mass is 31.1. The molecule has 7 heteroatoms. The van der Waals surface area contributed by atoms with Crippen molar-refractivity contribution in [3.8, 4) is 11.1 Å². The monoisotopic (exact) mass is 373 g/mol. The minimum absolute atomic E-state index is 0.130. The molecule has 0 aliphatic rings. The van der Waals surface area contributed by atoms with E-state index in [9.17, 15) is 24.4 Å². The van der Waals surface area contributed by atoms with Crippen LogP contribution in [0.4, 0.5) is 0 Å². The molecule has 6 nitrogen and oxygen atoms in total. The molecule has 2 aromatic carbocycles. The number of aliphatic carboxylic acids is 1. The van der Waals surface area contributed by atoms with Crippen LogP contribution in [0.25, 0.3) is 11.1 Å². The Labute approximate surface area is 152 Å². The van der Waals surface area contributed by atoms with Crippen LogP contribution in [0, 0.1) is 5.92 Å². The van der Waals surface area contributed by atoms with Crippen molar-refractivity contribution in [1.29, 1.82) is 0 Å². The Morgan fingerprint density at radius 1 is 1.08 bits per heavy atom. The molecule has 136 valence electrons. The predicted molar refractivity (Wildman–Crippen MR) is 97.7 cm³/mol. The largest absolute Gasteiger partial charge is 0.481 e. The van der Waals surface area contributed by atoms with Gasteiger partial charge in [0.1, 0.15) is 0 Å². The summed E-state index contributed by atoms with van der Waals surface area (Å²) in [7, 11) is -0.715. The van der Waals surface area contributed by atoms with E-state index in [0.717, 1.165) is 11.1 Å². The number of hydrogen-bond acceptors (Lipinski definition) is 4. The Morgan fingerprint density at radius 3 is 2.31 bits per heavy atom. The zero-order valence-electron chi connectivity index (χ0n) is 14.0. The van der Waals surface area contributed by atoms with E-state index in [-0.39, 0.29) is 19.3 Å². The van der Waals surface area contributed by atoms with Gasteiger partial charge in [-0.25, -0.2) is 0 Å². The second kappa shape index (κ2) is 8.70. The lowest BCUT2D eigenvalue weighted by molar-refractivity contribution is -0.147. The third-order valence-corrected chi connectivity index (χ3v) is 4.98. The summed E-state index contributed by atoms with van der Waals surface area (Å²) in [4.78, 5) is 22.5. The van der Waals surface area contributed by atoms with Gasteiger partial charge in [0, 0.05) is 12.8 Å². The fourth-order valence-corrected chi connectivity index (χ4v) is 3.46. The Morgan fingerprint density at radius 2 is 1.73 bits per heavy atom. The van der Waals surface area contributed by atoms with Gasteiger partial charge in [-0.15, -0.1) is 0 Å². The number of rotatable bonds is 9. The molecule has 0 aliphatic carbocycles. The van der Waals surface area contributed by atoms with Crippen molar-refractivity contribution in [1.82, 2.24) is 0 Å². The topological polar surface area (TPSA) is 118 Å². The van der Waals surface area contributed by atoms with Crippen molar-refractivity contribution in [3.05, 3.63) is 60.2 Å². The molecular weight excluding hydrogens is 353 g/mol. The van der Waals surface area contributed by atoms with Crippen LogP contribution >= 0.6 is 8.46 Å². The second-order valence-corrected chi connectivity index (χ2v) is 7.07. The Hall–Kier alpha value is -2.56. The van der Waals surface area contributed by atoms with E-state index in [0.29, 0.717) is 5.56 Å². The number of nitrogens with two attached hydrogens (primary N) is 1. The highest BCUT2D eigenvalue weighted by Crippen LogP contribution is 2.36. The average molecular weight is 373 g/mol. The third-order valence-electron chi connectivity index (χ3n) is 4.19. The minimum atomic E-state index is -2.03. The van der Waals surface area contributed by atoms with Crippen molar-refractivity contribution >= 4 is 20.3 Å². The molecule has 4 N–H and O–H groups in total. The van der Waals surface area contributed by atoms with Crippen molar-refractivity contribution in [2.24, 2.45) is 11.7 Å². The zero-order chi connectivity index (χ0) is 19.2. The van der Waals surface area contributed by atoms with E-state index >= 15 is 0 Å². The Bertz CT molecular complexity index is 796. The van der Waals surface area contributed by atoms with Crippen LogP contribution in [0.5, 0.6) is 0 Å². The predicted octanol–water partition coefficient (Wildman–Crippen LogP) is 2.84. The lowest BCUT2D eigenvalue weighted by Crippen LogP contribution is -2.40. The standard InChI is InChI=1S/C19H20NO5P/c20-17(21)10-9-16(18(22)23)19(24,26-25)12-13-5-4-8-15(11-13)14-6-2-1-3-7-14/h1-8,11,16,24H,9-10,12H2,(H2,20,21)(H,22,23). The van der Waals surface area contributed by atoms with Gasteiger partial charge in [-0.3, -0.25) is 14.2 Å². The van der Waals surface area contributed by atoms with Crippen molar-refractivity contribution in [3.63, 3.8) is 0 Å². The van der Waals surface area contributed by atoms with E-state index in [2.05, 4.69) is 0 Å². The summed E-state index contributed by atoms with van der Waals surface area (Å²) >= 11 is 0. The maximum atomic E-state index is 11.6. The highest BCUT2D eigenvalue weighted by molar-refractivity contribution is 7.25. The second-order valence-electron chi connectivity index (χ2n) is 6.11. The smallest absolute Gasteiger partial charge is 0.310 e. The lowest BCUT2D eigenvalue weighted by Gasteiger charge is -2.27. The fraction of sp³-hybridized carbons (Fsp3) is 0.263. The summed E-state index contributed by atoms with van der Waals surface area (Å²) < 4.78 is 11.6. The van der Waals surface area contributed by atoms with Crippen LogP contribution < -0.4 is 5.73 Å². The molecule has 0 bridgehead atoms. The van der Waals surface area contributed by atoms with E-state index in [4.69, 9.17) is 5.73 Å². The van der Waals surface area contributed by atoms with E-state index in [1.807, 2.05) is 42.5 Å². The molecule has 0 aliphatic heterocycles. The molecule has 1 amide bonds. The molecule has 0 heterocycles. The first-order valence-electron chi connectivity index (χ1n) is 8.08. The van der Waals surface area contributed by atoms with Crippen LogP contribution in [0.15, 0.2) is 54.6 Å². The summed E-state index contributed by atoms with van der Waals surface area (Å²) in [6.45, 7) is 0. The number of hydrogen-bond donors (Lipinski definition) is 3. The van der Waals surface area contributed by atoms with Crippen molar-refractivity contribution in [2.75, 3.05) is 0 Å². The lowest BCUT2D eigenvalue weighted by atomic mass is 9.90. The number of amides is 1. The van der Waals surface area contributed by atoms with Crippen LogP contribution in [0.3, 0.4) is 0 Å². The number of carbonyl (C=O) groups is 2. The van der Waals surface area contributed by atoms with E-state index in [1.54, 1.807) is 12.1 Å². The number of carboxylic acids is 1. The van der Waals surface area contributed by atoms with E-state index < -0.39 is 31.6 Å². The van der Waals surface area contributed by atoms with E-state index in [1.165, 1.54) is 0 Å². The SMILES string of the molecule is NC(=O)CCC(C(=O)O)C(O)(Cc1cccc(-c2ccccc2)c1)P=O. The molecule has 2 atom stereocenters. The van der Waals surface area contributed by atoms with Gasteiger partial charge in [-0.05, 0) is 23.1 Å². The summed E-state index contributed by atoms with van der Waals surface area (Å²) in [5.74, 6) is -3.38. The van der Waals surface area contributed by atoms with Crippen LogP contribution in [0.1, 0.15) is 18.4 Å². The number of primary amides is 1. The molecule has 0 radical (unpaired) electrons. The summed E-state index contributed by atoms with van der Waals surface area (Å²) in [6, 6.07) is 16.8. The van der Waals surface area contributed by atoms with Crippen molar-refractivity contribution in [2.45, 2.75) is 24.6 Å². The van der Waals surface area contributed by atoms with Gasteiger partial charge < -0.3 is 15.9 Å². The van der Waals surface area contributed by atoms with Gasteiger partial charge in [0.15, 0.2) is 13.8 Å². The van der Waals surface area contributed by atoms with Gasteiger partial charge in [-0.2, -0.15) is 0 Å². The average Bonchev–Trinajstić information content (AvgIpc) is 2.62. The van der Waals surface area contributed by atoms with Crippen molar-refractivity contribution < 1.29 is 24.4 Å². The van der Waals surface area contributed by atoms with Crippen LogP contribution in [-0.2, 0) is 20.6 Å². The summed E-state index contributed by atoms with van der Waals surface area (Å²) in [5.41, 5.74) is 7.58. The molecular formula is C19H20NO5P. The molecule has 2 aromatic rings. The number of aliphatic hydroxyl groups is 1. The molecule has 2 rings (SSSR count). The first-order valence-corrected chi connectivity index (χ1v) is 8.89. The Kier molecular flexibility index (Phi) is 6.61. The van der Waals surface area contributed by atoms with Gasteiger partial charge in [-0.1, -0.05) is 54.6 Å². The molecule has 0 fully saturated rings. The molecule has 26 heavy (non-hydrogen) atoms.